The molecule has 0 aromatic heterocycles. The zero-order chi connectivity index (χ0) is 19.2. The number of nitrogens with one attached hydrogen (secondary N) is 1. The number of urea groups is 1. The molecule has 0 aliphatic carbocycles. The maximum absolute atomic E-state index is 12.4. The van der Waals surface area contributed by atoms with Crippen LogP contribution in [0, 0.1) is 0 Å². The van der Waals surface area contributed by atoms with Crippen LogP contribution in [0.3, 0.4) is 0 Å². The van der Waals surface area contributed by atoms with E-state index in [2.05, 4.69) is 10.2 Å². The molecule has 6 heteroatoms. The lowest BCUT2D eigenvalue weighted by molar-refractivity contribution is 0.101. The number of hydrogen-bond acceptors (Lipinski definition) is 3. The molecule has 0 unspecified atom stereocenters. The third-order valence-electron chi connectivity index (χ3n) is 4.79. The van der Waals surface area contributed by atoms with Gasteiger partial charge in [0.05, 0.1) is 0 Å². The summed E-state index contributed by atoms with van der Waals surface area (Å²) in [6.07, 6.45) is 0.778. The Balaban J connectivity index is 1.45. The van der Waals surface area contributed by atoms with Crippen molar-refractivity contribution in [2.45, 2.75) is 13.3 Å². The largest absolute Gasteiger partial charge is 0.368 e. The van der Waals surface area contributed by atoms with Gasteiger partial charge in [0.15, 0.2) is 5.78 Å². The zero-order valence-electron chi connectivity index (χ0n) is 15.5. The van der Waals surface area contributed by atoms with E-state index in [0.29, 0.717) is 19.6 Å². The summed E-state index contributed by atoms with van der Waals surface area (Å²) in [7, 11) is 0. The molecule has 1 aliphatic heterocycles. The Hall–Kier alpha value is -2.53. The van der Waals surface area contributed by atoms with Crippen LogP contribution < -0.4 is 10.2 Å². The van der Waals surface area contributed by atoms with Gasteiger partial charge in [-0.05, 0) is 43.2 Å². The highest BCUT2D eigenvalue weighted by molar-refractivity contribution is 6.30. The fraction of sp³-hybridized carbons (Fsp3) is 0.333. The molecule has 1 saturated heterocycles. The van der Waals surface area contributed by atoms with Crippen molar-refractivity contribution in [1.29, 1.82) is 0 Å². The number of Topliss-reactive ketones (excluding diaryl/α,β-unsaturated/α-hetero) is 1. The monoisotopic (exact) mass is 385 g/mol. The minimum Gasteiger partial charge on any atom is -0.368 e. The predicted molar refractivity (Wildman–Crippen MR) is 109 cm³/mol. The van der Waals surface area contributed by atoms with Crippen LogP contribution in [0.2, 0.25) is 5.02 Å². The number of carbonyl (C=O) groups is 2. The van der Waals surface area contributed by atoms with Crippen LogP contribution in [-0.2, 0) is 6.42 Å². The van der Waals surface area contributed by atoms with Crippen LogP contribution in [0.5, 0.6) is 0 Å². The van der Waals surface area contributed by atoms with E-state index in [0.717, 1.165) is 41.3 Å². The van der Waals surface area contributed by atoms with Gasteiger partial charge in [-0.3, -0.25) is 4.79 Å². The Morgan fingerprint density at radius 1 is 1.04 bits per heavy atom. The Bertz CT molecular complexity index is 799. The molecule has 142 valence electrons. The van der Waals surface area contributed by atoms with Crippen LogP contribution in [0.4, 0.5) is 10.5 Å². The molecule has 27 heavy (non-hydrogen) atoms. The lowest BCUT2D eigenvalue weighted by Gasteiger charge is -2.36. The lowest BCUT2D eigenvalue weighted by Crippen LogP contribution is -2.52. The fourth-order valence-electron chi connectivity index (χ4n) is 3.17. The molecule has 0 saturated carbocycles. The Labute approximate surface area is 164 Å². The molecule has 2 aromatic carbocycles. The molecule has 1 fully saturated rings. The summed E-state index contributed by atoms with van der Waals surface area (Å²) in [5.41, 5.74) is 2.90. The van der Waals surface area contributed by atoms with E-state index in [-0.39, 0.29) is 11.8 Å². The molecule has 2 amide bonds. The summed E-state index contributed by atoms with van der Waals surface area (Å²) in [5, 5.41) is 3.70. The average molecular weight is 386 g/mol. The van der Waals surface area contributed by atoms with E-state index in [9.17, 15) is 9.59 Å². The minimum absolute atomic E-state index is 0.0268. The van der Waals surface area contributed by atoms with Crippen molar-refractivity contribution in [3.63, 3.8) is 0 Å². The number of piperazine rings is 1. The first-order valence-electron chi connectivity index (χ1n) is 9.16. The first-order chi connectivity index (χ1) is 13.0. The van der Waals surface area contributed by atoms with Crippen molar-refractivity contribution in [2.24, 2.45) is 0 Å². The molecule has 1 aliphatic rings. The van der Waals surface area contributed by atoms with Crippen LogP contribution in [0.1, 0.15) is 22.8 Å². The number of nitrogens with zero attached hydrogens (tertiary/aromatic N) is 2. The Morgan fingerprint density at radius 2 is 1.74 bits per heavy atom. The average Bonchev–Trinajstić information content (AvgIpc) is 2.69. The molecule has 0 radical (unpaired) electrons. The van der Waals surface area contributed by atoms with Gasteiger partial charge in [-0.1, -0.05) is 35.9 Å². The van der Waals surface area contributed by atoms with Gasteiger partial charge in [-0.25, -0.2) is 4.79 Å². The number of ketones is 1. The van der Waals surface area contributed by atoms with Crippen molar-refractivity contribution in [2.75, 3.05) is 37.6 Å². The van der Waals surface area contributed by atoms with Crippen LogP contribution in [-0.4, -0.2) is 49.4 Å². The highest BCUT2D eigenvalue weighted by atomic mass is 35.5. The van der Waals surface area contributed by atoms with E-state index >= 15 is 0 Å². The van der Waals surface area contributed by atoms with Crippen molar-refractivity contribution in [1.82, 2.24) is 10.2 Å². The predicted octanol–water partition coefficient (Wildman–Crippen LogP) is 3.62. The number of hydrogen-bond donors (Lipinski definition) is 1. The van der Waals surface area contributed by atoms with Gasteiger partial charge < -0.3 is 15.1 Å². The normalized spacial score (nSPS) is 14.1. The highest BCUT2D eigenvalue weighted by Crippen LogP contribution is 2.18. The van der Waals surface area contributed by atoms with Gasteiger partial charge >= 0.3 is 6.03 Å². The third-order valence-corrected chi connectivity index (χ3v) is 5.04. The van der Waals surface area contributed by atoms with E-state index in [4.69, 9.17) is 11.6 Å². The quantitative estimate of drug-likeness (QED) is 0.800. The summed E-state index contributed by atoms with van der Waals surface area (Å²) < 4.78 is 0. The number of anilines is 1. The van der Waals surface area contributed by atoms with E-state index < -0.39 is 0 Å². The molecule has 5 nitrogen and oxygen atoms in total. The molecule has 2 aromatic rings. The smallest absolute Gasteiger partial charge is 0.317 e. The summed E-state index contributed by atoms with van der Waals surface area (Å²) in [5.74, 6) is 0.0653. The first kappa shape index (κ1) is 19.2. The molecule has 0 spiro atoms. The van der Waals surface area contributed by atoms with Gasteiger partial charge in [0, 0.05) is 49.0 Å². The lowest BCUT2D eigenvalue weighted by atomic mass is 10.1. The van der Waals surface area contributed by atoms with Crippen LogP contribution >= 0.6 is 11.6 Å². The summed E-state index contributed by atoms with van der Waals surface area (Å²) in [4.78, 5) is 28.0. The third kappa shape index (κ3) is 5.23. The van der Waals surface area contributed by atoms with E-state index in [1.165, 1.54) is 0 Å². The van der Waals surface area contributed by atoms with E-state index in [1.54, 1.807) is 6.92 Å². The maximum atomic E-state index is 12.4. The molecule has 1 N–H and O–H groups in total. The van der Waals surface area contributed by atoms with Gasteiger partial charge in [0.2, 0.25) is 0 Å². The van der Waals surface area contributed by atoms with Crippen molar-refractivity contribution in [3.8, 4) is 0 Å². The topological polar surface area (TPSA) is 52.7 Å². The minimum atomic E-state index is -0.0268. The SMILES string of the molecule is CC(=O)c1cccc(N2CCN(C(=O)NCCc3ccc(Cl)cc3)CC2)c1. The molecular formula is C21H24ClN3O2. The fourth-order valence-corrected chi connectivity index (χ4v) is 3.29. The molecule has 0 bridgehead atoms. The number of halogens is 1. The summed E-state index contributed by atoms with van der Waals surface area (Å²) >= 11 is 5.88. The Morgan fingerprint density at radius 3 is 2.41 bits per heavy atom. The van der Waals surface area contributed by atoms with Gasteiger partial charge in [0.1, 0.15) is 0 Å². The van der Waals surface area contributed by atoms with Gasteiger partial charge in [0.25, 0.3) is 0 Å². The first-order valence-corrected chi connectivity index (χ1v) is 9.54. The highest BCUT2D eigenvalue weighted by Gasteiger charge is 2.21. The van der Waals surface area contributed by atoms with Gasteiger partial charge in [-0.2, -0.15) is 0 Å². The number of rotatable bonds is 5. The maximum Gasteiger partial charge on any atom is 0.317 e. The molecule has 0 atom stereocenters. The Kier molecular flexibility index (Phi) is 6.35. The van der Waals surface area contributed by atoms with Crippen LogP contribution in [0.15, 0.2) is 48.5 Å². The van der Waals surface area contributed by atoms with Crippen LogP contribution in [0.25, 0.3) is 0 Å². The van der Waals surface area contributed by atoms with Crippen molar-refractivity contribution in [3.05, 3.63) is 64.7 Å². The van der Waals surface area contributed by atoms with Gasteiger partial charge in [-0.15, -0.1) is 0 Å². The zero-order valence-corrected chi connectivity index (χ0v) is 16.2. The summed E-state index contributed by atoms with van der Waals surface area (Å²) in [6.45, 7) is 5.01. The second-order valence-corrected chi connectivity index (χ2v) is 7.13. The van der Waals surface area contributed by atoms with Crippen molar-refractivity contribution < 1.29 is 9.59 Å². The van der Waals surface area contributed by atoms with Crippen molar-refractivity contribution >= 4 is 29.1 Å². The van der Waals surface area contributed by atoms with E-state index in [1.807, 2.05) is 53.4 Å². The second-order valence-electron chi connectivity index (χ2n) is 6.69. The molecular weight excluding hydrogens is 362 g/mol. The molecule has 1 heterocycles. The number of benzene rings is 2. The molecule has 3 rings (SSSR count). The second kappa shape index (κ2) is 8.91. The number of amides is 2. The summed E-state index contributed by atoms with van der Waals surface area (Å²) in [6, 6.07) is 15.3. The number of carbonyl (C=O) groups excluding carboxylic acids is 2. The standard InChI is InChI=1S/C21H24ClN3O2/c1-16(26)18-3-2-4-20(15-18)24-11-13-25(14-12-24)21(27)23-10-9-17-5-7-19(22)8-6-17/h2-8,15H,9-14H2,1H3,(H,23,27).